The standard InChI is InChI=1S/C45H47N3O2/c1-26-19-32(42(49)34(21-26)44(3,4)5)40-38(30-15-11-13-17-36(30)47(40)9)28-23-29(25-46-24-28)39-31-16-12-14-18-37(31)48(10)41(39)33-20-27(2)22-35(43(33)50)45(6,7)8/h11-25,49-50H,1-10H3. The zero-order valence-corrected chi connectivity index (χ0v) is 30.9. The maximum atomic E-state index is 11.9. The number of nitrogens with zero attached hydrogens (tertiary/aromatic N) is 3. The van der Waals surface area contributed by atoms with E-state index in [9.17, 15) is 10.2 Å². The molecule has 4 aromatic carbocycles. The number of aromatic nitrogens is 3. The van der Waals surface area contributed by atoms with Crippen molar-refractivity contribution in [2.24, 2.45) is 14.1 Å². The van der Waals surface area contributed by atoms with Gasteiger partial charge in [-0.3, -0.25) is 4.98 Å². The summed E-state index contributed by atoms with van der Waals surface area (Å²) in [4.78, 5) is 4.89. The zero-order chi connectivity index (χ0) is 35.9. The molecule has 0 spiro atoms. The van der Waals surface area contributed by atoms with E-state index in [1.54, 1.807) is 0 Å². The Morgan fingerprint density at radius 2 is 0.920 bits per heavy atom. The second-order valence-corrected chi connectivity index (χ2v) is 16.0. The van der Waals surface area contributed by atoms with E-state index in [-0.39, 0.29) is 10.8 Å². The van der Waals surface area contributed by atoms with E-state index in [0.717, 1.165) is 88.8 Å². The lowest BCUT2D eigenvalue weighted by molar-refractivity contribution is 0.447. The first-order valence-corrected chi connectivity index (χ1v) is 17.4. The molecular formula is C45H47N3O2. The lowest BCUT2D eigenvalue weighted by Crippen LogP contribution is -2.12. The number of phenols is 2. The van der Waals surface area contributed by atoms with Crippen LogP contribution in [0.25, 0.3) is 66.6 Å². The van der Waals surface area contributed by atoms with E-state index in [4.69, 9.17) is 4.98 Å². The predicted octanol–water partition coefficient (Wildman–Crippen LogP) is 11.4. The first-order valence-electron chi connectivity index (χ1n) is 17.4. The van der Waals surface area contributed by atoms with Crippen LogP contribution in [0, 0.1) is 13.8 Å². The molecule has 0 unspecified atom stereocenters. The molecule has 0 fully saturated rings. The van der Waals surface area contributed by atoms with E-state index in [0.29, 0.717) is 11.5 Å². The van der Waals surface area contributed by atoms with Crippen LogP contribution in [-0.4, -0.2) is 24.3 Å². The number of rotatable bonds is 4. The van der Waals surface area contributed by atoms with Gasteiger partial charge in [-0.15, -0.1) is 0 Å². The van der Waals surface area contributed by atoms with E-state index in [2.05, 4.69) is 157 Å². The summed E-state index contributed by atoms with van der Waals surface area (Å²) in [5.74, 6) is 0.612. The molecule has 0 saturated carbocycles. The summed E-state index contributed by atoms with van der Waals surface area (Å²) in [6.45, 7) is 17.0. The molecule has 0 radical (unpaired) electrons. The predicted molar refractivity (Wildman–Crippen MR) is 209 cm³/mol. The molecule has 2 N–H and O–H groups in total. The van der Waals surface area contributed by atoms with Crippen LogP contribution in [0.1, 0.15) is 63.8 Å². The largest absolute Gasteiger partial charge is 0.507 e. The molecule has 0 amide bonds. The van der Waals surface area contributed by atoms with Crippen LogP contribution in [0.2, 0.25) is 0 Å². The summed E-state index contributed by atoms with van der Waals surface area (Å²) in [6.07, 6.45) is 3.86. The highest BCUT2D eigenvalue weighted by Crippen LogP contribution is 2.49. The number of para-hydroxylation sites is 2. The number of benzene rings is 4. The molecule has 0 aliphatic carbocycles. The Balaban J connectivity index is 1.55. The SMILES string of the molecule is Cc1cc(-c2c(-c3cncc(-c4c(-c5cc(C)cc(C(C)(C)C)c5O)n(C)c5ccccc45)c3)c3ccccc3n2C)c(O)c(C(C)(C)C)c1. The van der Waals surface area contributed by atoms with Gasteiger partial charge in [-0.25, -0.2) is 0 Å². The molecule has 0 aliphatic rings. The van der Waals surface area contributed by atoms with E-state index in [1.807, 2.05) is 12.4 Å². The van der Waals surface area contributed by atoms with Crippen LogP contribution in [-0.2, 0) is 24.9 Å². The van der Waals surface area contributed by atoms with Crippen molar-refractivity contribution in [2.75, 3.05) is 0 Å². The fraction of sp³-hybridized carbons (Fsp3) is 0.267. The molecule has 7 aromatic rings. The fourth-order valence-electron chi connectivity index (χ4n) is 7.78. The molecule has 0 aliphatic heterocycles. The highest BCUT2D eigenvalue weighted by molar-refractivity contribution is 6.08. The minimum atomic E-state index is -0.240. The van der Waals surface area contributed by atoms with E-state index >= 15 is 0 Å². The van der Waals surface area contributed by atoms with Gasteiger partial charge in [-0.1, -0.05) is 90.1 Å². The molecule has 0 bridgehead atoms. The number of phenolic OH excluding ortho intramolecular Hbond substituents is 2. The first kappa shape index (κ1) is 33.2. The van der Waals surface area contributed by atoms with Crippen LogP contribution < -0.4 is 0 Å². The Bertz CT molecular complexity index is 2290. The lowest BCUT2D eigenvalue weighted by Gasteiger charge is -2.24. The zero-order valence-electron chi connectivity index (χ0n) is 30.9. The molecule has 50 heavy (non-hydrogen) atoms. The molecule has 5 heteroatoms. The Labute approximate surface area is 295 Å². The minimum Gasteiger partial charge on any atom is -0.507 e. The maximum absolute atomic E-state index is 11.9. The van der Waals surface area contributed by atoms with E-state index in [1.165, 1.54) is 0 Å². The summed E-state index contributed by atoms with van der Waals surface area (Å²) >= 11 is 0. The highest BCUT2D eigenvalue weighted by atomic mass is 16.3. The highest BCUT2D eigenvalue weighted by Gasteiger charge is 2.29. The number of pyridine rings is 1. The van der Waals surface area contributed by atoms with Gasteiger partial charge in [0.1, 0.15) is 11.5 Å². The molecule has 7 rings (SSSR count). The van der Waals surface area contributed by atoms with Crippen molar-refractivity contribution in [3.8, 4) is 56.3 Å². The Kier molecular flexibility index (Phi) is 7.74. The van der Waals surface area contributed by atoms with Gasteiger partial charge in [-0.05, 0) is 66.1 Å². The quantitative estimate of drug-likeness (QED) is 0.197. The Hall–Kier alpha value is -5.29. The summed E-state index contributed by atoms with van der Waals surface area (Å²) in [7, 11) is 4.15. The molecule has 0 atom stereocenters. The molecule has 3 heterocycles. The van der Waals surface area contributed by atoms with Gasteiger partial charge in [0.2, 0.25) is 0 Å². The van der Waals surface area contributed by atoms with Crippen LogP contribution >= 0.6 is 0 Å². The third-order valence-electron chi connectivity index (χ3n) is 10.2. The molecule has 254 valence electrons. The average molecular weight is 662 g/mol. The van der Waals surface area contributed by atoms with E-state index < -0.39 is 0 Å². The van der Waals surface area contributed by atoms with Gasteiger partial charge in [0.15, 0.2) is 0 Å². The summed E-state index contributed by atoms with van der Waals surface area (Å²) in [6, 6.07) is 27.4. The first-order chi connectivity index (χ1) is 23.6. The van der Waals surface area contributed by atoms with Crippen molar-refractivity contribution < 1.29 is 10.2 Å². The number of fused-ring (bicyclic) bond motifs is 2. The smallest absolute Gasteiger partial charge is 0.128 e. The number of hydrogen-bond acceptors (Lipinski definition) is 3. The Morgan fingerprint density at radius 3 is 1.30 bits per heavy atom. The fourth-order valence-corrected chi connectivity index (χ4v) is 7.78. The van der Waals surface area contributed by atoms with Crippen molar-refractivity contribution in [1.29, 1.82) is 0 Å². The summed E-state index contributed by atoms with van der Waals surface area (Å²) in [5.41, 5.74) is 13.2. The van der Waals surface area contributed by atoms with Gasteiger partial charge in [-0.2, -0.15) is 0 Å². The second-order valence-electron chi connectivity index (χ2n) is 16.0. The molecule has 3 aromatic heterocycles. The Morgan fingerprint density at radius 1 is 0.540 bits per heavy atom. The van der Waals surface area contributed by atoms with Crippen LogP contribution in [0.4, 0.5) is 0 Å². The lowest BCUT2D eigenvalue weighted by atomic mass is 9.83. The van der Waals surface area contributed by atoms with Crippen LogP contribution in [0.15, 0.2) is 91.3 Å². The second kappa shape index (κ2) is 11.7. The number of aryl methyl sites for hydroxylation is 4. The monoisotopic (exact) mass is 661 g/mol. The van der Waals surface area contributed by atoms with Gasteiger partial charge >= 0.3 is 0 Å². The van der Waals surface area contributed by atoms with Crippen LogP contribution in [0.5, 0.6) is 11.5 Å². The molecule has 5 nitrogen and oxygen atoms in total. The topological polar surface area (TPSA) is 63.2 Å². The molecular weight excluding hydrogens is 615 g/mol. The number of aromatic hydroxyl groups is 2. The van der Waals surface area contributed by atoms with Gasteiger partial charge in [0, 0.05) is 92.8 Å². The summed E-state index contributed by atoms with van der Waals surface area (Å²) in [5, 5.41) is 26.0. The van der Waals surface area contributed by atoms with Crippen molar-refractivity contribution in [2.45, 2.75) is 66.2 Å². The third kappa shape index (κ3) is 5.27. The van der Waals surface area contributed by atoms with Crippen molar-refractivity contribution in [1.82, 2.24) is 14.1 Å². The minimum absolute atomic E-state index is 0.240. The van der Waals surface area contributed by atoms with Crippen molar-refractivity contribution in [3.05, 3.63) is 114 Å². The maximum Gasteiger partial charge on any atom is 0.128 e. The normalized spacial score (nSPS) is 12.4. The third-order valence-corrected chi connectivity index (χ3v) is 10.2. The number of hydrogen-bond donors (Lipinski definition) is 2. The van der Waals surface area contributed by atoms with Crippen molar-refractivity contribution >= 4 is 21.8 Å². The van der Waals surface area contributed by atoms with Crippen LogP contribution in [0.3, 0.4) is 0 Å². The summed E-state index contributed by atoms with van der Waals surface area (Å²) < 4.78 is 4.39. The van der Waals surface area contributed by atoms with Gasteiger partial charge < -0.3 is 19.3 Å². The molecule has 0 saturated heterocycles. The van der Waals surface area contributed by atoms with Gasteiger partial charge in [0.25, 0.3) is 0 Å². The van der Waals surface area contributed by atoms with Crippen molar-refractivity contribution in [3.63, 3.8) is 0 Å². The van der Waals surface area contributed by atoms with Gasteiger partial charge in [0.05, 0.1) is 11.4 Å². The average Bonchev–Trinajstić information content (AvgIpc) is 3.52.